The molecule has 0 unspecified atom stereocenters. The van der Waals surface area contributed by atoms with Gasteiger partial charge in [0.2, 0.25) is 5.91 Å². The number of aryl methyl sites for hydroxylation is 1. The Balaban J connectivity index is 1.53. The lowest BCUT2D eigenvalue weighted by atomic mass is 9.98. The van der Waals surface area contributed by atoms with E-state index in [4.69, 9.17) is 4.52 Å². The maximum Gasteiger partial charge on any atom is 0.239 e. The molecule has 1 aromatic carbocycles. The second kappa shape index (κ2) is 6.27. The van der Waals surface area contributed by atoms with E-state index < -0.39 is 0 Å². The Kier molecular flexibility index (Phi) is 4.20. The third-order valence-electron chi connectivity index (χ3n) is 3.86. The normalized spacial score (nSPS) is 18.5. The minimum Gasteiger partial charge on any atom is -0.360 e. The zero-order chi connectivity index (χ0) is 15.5. The van der Waals surface area contributed by atoms with Crippen molar-refractivity contribution in [3.05, 3.63) is 47.5 Å². The highest BCUT2D eigenvalue weighted by Gasteiger charge is 2.25. The first-order valence-corrected chi connectivity index (χ1v) is 7.31. The molecule has 0 aliphatic carbocycles. The van der Waals surface area contributed by atoms with Crippen molar-refractivity contribution in [1.82, 2.24) is 10.1 Å². The number of carbonyl (C=O) groups excluding carboxylic acids is 1. The fourth-order valence-electron chi connectivity index (χ4n) is 2.82. The van der Waals surface area contributed by atoms with Crippen LogP contribution in [-0.2, 0) is 4.79 Å². The van der Waals surface area contributed by atoms with Crippen LogP contribution in [-0.4, -0.2) is 35.6 Å². The van der Waals surface area contributed by atoms with Crippen molar-refractivity contribution in [2.45, 2.75) is 19.3 Å². The van der Waals surface area contributed by atoms with Crippen LogP contribution in [0.5, 0.6) is 0 Å². The highest BCUT2D eigenvalue weighted by Crippen LogP contribution is 2.27. The van der Waals surface area contributed by atoms with Crippen molar-refractivity contribution < 1.29 is 13.7 Å². The molecule has 1 aromatic heterocycles. The monoisotopic (exact) mass is 303 g/mol. The number of amides is 1. The minimum absolute atomic E-state index is 0.117. The molecule has 0 spiro atoms. The van der Waals surface area contributed by atoms with Crippen LogP contribution in [0.2, 0.25) is 0 Å². The SMILES string of the molecule is Cc1cc(NC(=O)CN2CC[C@@H](c3cccc(F)c3)C2)no1. The molecular formula is C16H18FN3O2. The van der Waals surface area contributed by atoms with Gasteiger partial charge >= 0.3 is 0 Å². The van der Waals surface area contributed by atoms with Gasteiger partial charge in [-0.3, -0.25) is 9.69 Å². The van der Waals surface area contributed by atoms with Gasteiger partial charge in [0.15, 0.2) is 5.82 Å². The van der Waals surface area contributed by atoms with E-state index in [1.807, 2.05) is 6.07 Å². The Morgan fingerprint density at radius 3 is 3.09 bits per heavy atom. The zero-order valence-electron chi connectivity index (χ0n) is 12.4. The maximum atomic E-state index is 13.3. The van der Waals surface area contributed by atoms with E-state index in [0.717, 1.165) is 25.1 Å². The van der Waals surface area contributed by atoms with Gasteiger partial charge in [0.25, 0.3) is 0 Å². The topological polar surface area (TPSA) is 58.4 Å². The van der Waals surface area contributed by atoms with E-state index in [2.05, 4.69) is 15.4 Å². The van der Waals surface area contributed by atoms with Crippen LogP contribution in [0.15, 0.2) is 34.9 Å². The number of carbonyl (C=O) groups is 1. The van der Waals surface area contributed by atoms with E-state index in [9.17, 15) is 9.18 Å². The quantitative estimate of drug-likeness (QED) is 0.943. The lowest BCUT2D eigenvalue weighted by Gasteiger charge is -2.15. The lowest BCUT2D eigenvalue weighted by Crippen LogP contribution is -2.31. The van der Waals surface area contributed by atoms with Crippen LogP contribution in [0.3, 0.4) is 0 Å². The number of hydrogen-bond acceptors (Lipinski definition) is 4. The summed E-state index contributed by atoms with van der Waals surface area (Å²) in [5.74, 6) is 1.03. The highest BCUT2D eigenvalue weighted by atomic mass is 19.1. The Hall–Kier alpha value is -2.21. The molecule has 0 bridgehead atoms. The molecule has 0 saturated carbocycles. The van der Waals surface area contributed by atoms with Gasteiger partial charge in [0, 0.05) is 12.6 Å². The van der Waals surface area contributed by atoms with Gasteiger partial charge in [-0.1, -0.05) is 17.3 Å². The van der Waals surface area contributed by atoms with Crippen molar-refractivity contribution in [1.29, 1.82) is 0 Å². The maximum absolute atomic E-state index is 13.3. The van der Waals surface area contributed by atoms with Gasteiger partial charge < -0.3 is 9.84 Å². The molecule has 1 saturated heterocycles. The number of rotatable bonds is 4. The standard InChI is InChI=1S/C16H18FN3O2/c1-11-7-15(19-22-11)18-16(21)10-20-6-5-13(9-20)12-3-2-4-14(17)8-12/h2-4,7-8,13H,5-6,9-10H2,1H3,(H,18,19,21)/t13-/m1/s1. The van der Waals surface area contributed by atoms with Crippen LogP contribution in [0.25, 0.3) is 0 Å². The van der Waals surface area contributed by atoms with Crippen LogP contribution in [0.1, 0.15) is 23.7 Å². The Morgan fingerprint density at radius 1 is 1.50 bits per heavy atom. The van der Waals surface area contributed by atoms with Crippen LogP contribution < -0.4 is 5.32 Å². The summed E-state index contributed by atoms with van der Waals surface area (Å²) in [5, 5.41) is 6.44. The van der Waals surface area contributed by atoms with E-state index >= 15 is 0 Å². The first kappa shape index (κ1) is 14.7. The summed E-state index contributed by atoms with van der Waals surface area (Å²) >= 11 is 0. The first-order chi connectivity index (χ1) is 10.6. The summed E-state index contributed by atoms with van der Waals surface area (Å²) in [5.41, 5.74) is 0.995. The molecule has 5 nitrogen and oxygen atoms in total. The highest BCUT2D eigenvalue weighted by molar-refractivity contribution is 5.91. The number of nitrogens with zero attached hydrogens (tertiary/aromatic N) is 2. The van der Waals surface area contributed by atoms with Crippen molar-refractivity contribution in [3.8, 4) is 0 Å². The molecule has 22 heavy (non-hydrogen) atoms. The predicted molar refractivity (Wildman–Crippen MR) is 80.1 cm³/mol. The number of benzene rings is 1. The zero-order valence-corrected chi connectivity index (χ0v) is 12.4. The number of aromatic nitrogens is 1. The summed E-state index contributed by atoms with van der Waals surface area (Å²) < 4.78 is 18.2. The summed E-state index contributed by atoms with van der Waals surface area (Å²) in [7, 11) is 0. The molecule has 1 atom stereocenters. The molecule has 2 aromatic rings. The Bertz CT molecular complexity index is 671. The summed E-state index contributed by atoms with van der Waals surface area (Å²) in [6, 6.07) is 8.37. The van der Waals surface area contributed by atoms with E-state index in [1.54, 1.807) is 25.1 Å². The molecule has 1 aliphatic rings. The second-order valence-electron chi connectivity index (χ2n) is 5.65. The van der Waals surface area contributed by atoms with Crippen molar-refractivity contribution in [2.75, 3.05) is 25.0 Å². The third-order valence-corrected chi connectivity index (χ3v) is 3.86. The molecule has 1 amide bonds. The summed E-state index contributed by atoms with van der Waals surface area (Å²) in [6.45, 7) is 3.66. The van der Waals surface area contributed by atoms with Gasteiger partial charge in [-0.15, -0.1) is 0 Å². The summed E-state index contributed by atoms with van der Waals surface area (Å²) in [6.07, 6.45) is 0.930. The second-order valence-corrected chi connectivity index (χ2v) is 5.65. The number of likely N-dealkylation sites (tertiary alicyclic amines) is 1. The van der Waals surface area contributed by atoms with Gasteiger partial charge in [0.05, 0.1) is 6.54 Å². The lowest BCUT2D eigenvalue weighted by molar-refractivity contribution is -0.117. The first-order valence-electron chi connectivity index (χ1n) is 7.31. The number of anilines is 1. The largest absolute Gasteiger partial charge is 0.360 e. The van der Waals surface area contributed by atoms with Gasteiger partial charge in [-0.2, -0.15) is 0 Å². The molecule has 1 aliphatic heterocycles. The molecule has 6 heteroatoms. The van der Waals surface area contributed by atoms with Crippen molar-refractivity contribution in [3.63, 3.8) is 0 Å². The molecule has 0 radical (unpaired) electrons. The smallest absolute Gasteiger partial charge is 0.239 e. The average Bonchev–Trinajstić information content (AvgIpc) is 3.08. The third kappa shape index (κ3) is 3.51. The van der Waals surface area contributed by atoms with E-state index in [-0.39, 0.29) is 17.6 Å². The van der Waals surface area contributed by atoms with Crippen molar-refractivity contribution >= 4 is 11.7 Å². The van der Waals surface area contributed by atoms with E-state index in [1.165, 1.54) is 6.07 Å². The Labute approximate surface area is 128 Å². The van der Waals surface area contributed by atoms with Gasteiger partial charge in [0.1, 0.15) is 11.6 Å². The van der Waals surface area contributed by atoms with Gasteiger partial charge in [-0.05, 0) is 43.5 Å². The molecule has 2 heterocycles. The molecule has 116 valence electrons. The van der Waals surface area contributed by atoms with Crippen LogP contribution >= 0.6 is 0 Å². The molecule has 1 fully saturated rings. The molecular weight excluding hydrogens is 285 g/mol. The minimum atomic E-state index is -0.213. The number of hydrogen-bond donors (Lipinski definition) is 1. The van der Waals surface area contributed by atoms with E-state index in [0.29, 0.717) is 18.1 Å². The molecule has 1 N–H and O–H groups in total. The Morgan fingerprint density at radius 2 is 2.36 bits per heavy atom. The summed E-state index contributed by atoms with van der Waals surface area (Å²) in [4.78, 5) is 14.0. The average molecular weight is 303 g/mol. The fraction of sp³-hybridized carbons (Fsp3) is 0.375. The van der Waals surface area contributed by atoms with Crippen molar-refractivity contribution in [2.24, 2.45) is 0 Å². The number of nitrogens with one attached hydrogen (secondary N) is 1. The van der Waals surface area contributed by atoms with Gasteiger partial charge in [-0.25, -0.2) is 4.39 Å². The van der Waals surface area contributed by atoms with Crippen LogP contribution in [0.4, 0.5) is 10.2 Å². The molecule has 3 rings (SSSR count). The number of halogens is 1. The fourth-order valence-corrected chi connectivity index (χ4v) is 2.82. The van der Waals surface area contributed by atoms with Crippen LogP contribution in [0, 0.1) is 12.7 Å². The predicted octanol–water partition coefficient (Wildman–Crippen LogP) is 2.55.